The van der Waals surface area contributed by atoms with Crippen molar-refractivity contribution in [2.75, 3.05) is 19.6 Å². The van der Waals surface area contributed by atoms with Crippen molar-refractivity contribution in [2.45, 2.75) is 26.2 Å². The van der Waals surface area contributed by atoms with Crippen LogP contribution in [0.5, 0.6) is 0 Å². The summed E-state index contributed by atoms with van der Waals surface area (Å²) in [6.07, 6.45) is 2.70. The molecule has 4 heteroatoms. The van der Waals surface area contributed by atoms with Gasteiger partial charge in [0.15, 0.2) is 0 Å². The number of piperidine rings is 1. The number of nitrogens with zero attached hydrogens (tertiary/aromatic N) is 1. The SMILES string of the molecule is Cc1ccc(C(=O)NCCN2CCCCC2=O)cc1. The largest absolute Gasteiger partial charge is 0.350 e. The number of amides is 2. The first-order valence-electron chi connectivity index (χ1n) is 6.79. The molecule has 0 aromatic heterocycles. The molecule has 0 spiro atoms. The maximum Gasteiger partial charge on any atom is 0.251 e. The average Bonchev–Trinajstić information content (AvgIpc) is 2.41. The van der Waals surface area contributed by atoms with E-state index in [0.29, 0.717) is 25.1 Å². The van der Waals surface area contributed by atoms with E-state index in [1.165, 1.54) is 0 Å². The molecule has 4 nitrogen and oxygen atoms in total. The highest BCUT2D eigenvalue weighted by Crippen LogP contribution is 2.09. The van der Waals surface area contributed by atoms with Gasteiger partial charge in [-0.2, -0.15) is 0 Å². The van der Waals surface area contributed by atoms with Crippen LogP contribution in [-0.2, 0) is 4.79 Å². The summed E-state index contributed by atoms with van der Waals surface area (Å²) in [5, 5.41) is 2.85. The molecular weight excluding hydrogens is 240 g/mol. The highest BCUT2D eigenvalue weighted by Gasteiger charge is 2.17. The lowest BCUT2D eigenvalue weighted by molar-refractivity contribution is -0.133. The summed E-state index contributed by atoms with van der Waals surface area (Å²) in [5.74, 6) is 0.125. The summed E-state index contributed by atoms with van der Waals surface area (Å²) in [7, 11) is 0. The van der Waals surface area contributed by atoms with Crippen molar-refractivity contribution in [1.82, 2.24) is 10.2 Å². The lowest BCUT2D eigenvalue weighted by atomic mass is 10.1. The third-order valence-electron chi connectivity index (χ3n) is 3.40. The van der Waals surface area contributed by atoms with Crippen molar-refractivity contribution < 1.29 is 9.59 Å². The van der Waals surface area contributed by atoms with Crippen LogP contribution in [0.15, 0.2) is 24.3 Å². The Kier molecular flexibility index (Phi) is 4.55. The van der Waals surface area contributed by atoms with Gasteiger partial charge in [-0.05, 0) is 31.9 Å². The number of carbonyl (C=O) groups is 2. The van der Waals surface area contributed by atoms with E-state index in [4.69, 9.17) is 0 Å². The van der Waals surface area contributed by atoms with Gasteiger partial charge in [0.25, 0.3) is 5.91 Å². The predicted octanol–water partition coefficient (Wildman–Crippen LogP) is 1.74. The van der Waals surface area contributed by atoms with Crippen LogP contribution in [-0.4, -0.2) is 36.3 Å². The van der Waals surface area contributed by atoms with E-state index in [1.54, 1.807) is 0 Å². The first kappa shape index (κ1) is 13.6. The van der Waals surface area contributed by atoms with Gasteiger partial charge in [0.1, 0.15) is 0 Å². The molecule has 1 aromatic rings. The molecule has 102 valence electrons. The first-order chi connectivity index (χ1) is 9.16. The summed E-state index contributed by atoms with van der Waals surface area (Å²) in [6.45, 7) is 3.93. The molecule has 1 fully saturated rings. The fraction of sp³-hybridized carbons (Fsp3) is 0.467. The third kappa shape index (κ3) is 3.81. The first-order valence-corrected chi connectivity index (χ1v) is 6.79. The van der Waals surface area contributed by atoms with Crippen LogP contribution >= 0.6 is 0 Å². The molecule has 0 atom stereocenters. The topological polar surface area (TPSA) is 49.4 Å². The normalized spacial score (nSPS) is 15.4. The van der Waals surface area contributed by atoms with Gasteiger partial charge in [0, 0.05) is 31.6 Å². The predicted molar refractivity (Wildman–Crippen MR) is 73.9 cm³/mol. The quantitative estimate of drug-likeness (QED) is 0.896. The van der Waals surface area contributed by atoms with Crippen molar-refractivity contribution in [3.8, 4) is 0 Å². The zero-order chi connectivity index (χ0) is 13.7. The van der Waals surface area contributed by atoms with Crippen LogP contribution in [0.2, 0.25) is 0 Å². The Balaban J connectivity index is 1.77. The highest BCUT2D eigenvalue weighted by molar-refractivity contribution is 5.94. The second kappa shape index (κ2) is 6.36. The molecule has 0 unspecified atom stereocenters. The smallest absolute Gasteiger partial charge is 0.251 e. The molecule has 0 saturated carbocycles. The van der Waals surface area contributed by atoms with E-state index in [2.05, 4.69) is 5.32 Å². The fourth-order valence-electron chi connectivity index (χ4n) is 2.21. The summed E-state index contributed by atoms with van der Waals surface area (Å²) in [6, 6.07) is 7.47. The van der Waals surface area contributed by atoms with Gasteiger partial charge in [0.2, 0.25) is 5.91 Å². The van der Waals surface area contributed by atoms with Gasteiger partial charge in [-0.15, -0.1) is 0 Å². The van der Waals surface area contributed by atoms with Crippen LogP contribution in [0.3, 0.4) is 0 Å². The van der Waals surface area contributed by atoms with E-state index >= 15 is 0 Å². The molecule has 19 heavy (non-hydrogen) atoms. The number of nitrogens with one attached hydrogen (secondary N) is 1. The highest BCUT2D eigenvalue weighted by atomic mass is 16.2. The number of benzene rings is 1. The van der Waals surface area contributed by atoms with Crippen LogP contribution in [0.4, 0.5) is 0 Å². The monoisotopic (exact) mass is 260 g/mol. The Morgan fingerprint density at radius 3 is 2.68 bits per heavy atom. The minimum Gasteiger partial charge on any atom is -0.350 e. The molecule has 1 aliphatic rings. The number of hydrogen-bond acceptors (Lipinski definition) is 2. The number of likely N-dealkylation sites (tertiary alicyclic amines) is 1. The molecule has 1 N–H and O–H groups in total. The van der Waals surface area contributed by atoms with E-state index in [1.807, 2.05) is 36.1 Å². The lowest BCUT2D eigenvalue weighted by Crippen LogP contribution is -2.41. The van der Waals surface area contributed by atoms with Crippen molar-refractivity contribution in [2.24, 2.45) is 0 Å². The second-order valence-electron chi connectivity index (χ2n) is 4.96. The Morgan fingerprint density at radius 2 is 2.00 bits per heavy atom. The summed E-state index contributed by atoms with van der Waals surface area (Å²) < 4.78 is 0. The van der Waals surface area contributed by atoms with Gasteiger partial charge < -0.3 is 10.2 Å². The van der Waals surface area contributed by atoms with Gasteiger partial charge in [-0.3, -0.25) is 9.59 Å². The molecule has 0 bridgehead atoms. The van der Waals surface area contributed by atoms with Gasteiger partial charge in [-0.25, -0.2) is 0 Å². The molecule has 2 amide bonds. The lowest BCUT2D eigenvalue weighted by Gasteiger charge is -2.26. The minimum atomic E-state index is -0.0792. The van der Waals surface area contributed by atoms with Crippen LogP contribution in [0.25, 0.3) is 0 Å². The Labute approximate surface area is 113 Å². The maximum absolute atomic E-state index is 11.9. The average molecular weight is 260 g/mol. The Bertz CT molecular complexity index is 454. The van der Waals surface area contributed by atoms with E-state index in [-0.39, 0.29) is 11.8 Å². The Hall–Kier alpha value is -1.84. The van der Waals surface area contributed by atoms with Crippen LogP contribution in [0.1, 0.15) is 35.2 Å². The number of rotatable bonds is 4. The number of carbonyl (C=O) groups excluding carboxylic acids is 2. The molecule has 2 rings (SSSR count). The standard InChI is InChI=1S/C15H20N2O2/c1-12-5-7-13(8-6-12)15(19)16-9-11-17-10-3-2-4-14(17)18/h5-8H,2-4,9-11H2,1H3,(H,16,19). The van der Waals surface area contributed by atoms with Gasteiger partial charge in [-0.1, -0.05) is 17.7 Å². The molecule has 1 aromatic carbocycles. The van der Waals surface area contributed by atoms with Gasteiger partial charge in [0.05, 0.1) is 0 Å². The van der Waals surface area contributed by atoms with E-state index in [0.717, 1.165) is 24.9 Å². The van der Waals surface area contributed by atoms with E-state index in [9.17, 15) is 9.59 Å². The molecular formula is C15H20N2O2. The molecule has 0 radical (unpaired) electrons. The molecule has 0 aliphatic carbocycles. The fourth-order valence-corrected chi connectivity index (χ4v) is 2.21. The third-order valence-corrected chi connectivity index (χ3v) is 3.40. The minimum absolute atomic E-state index is 0.0792. The zero-order valence-corrected chi connectivity index (χ0v) is 11.3. The number of hydrogen-bond donors (Lipinski definition) is 1. The second-order valence-corrected chi connectivity index (χ2v) is 4.96. The van der Waals surface area contributed by atoms with E-state index < -0.39 is 0 Å². The van der Waals surface area contributed by atoms with Crippen molar-refractivity contribution in [3.05, 3.63) is 35.4 Å². The molecule has 1 heterocycles. The molecule has 1 saturated heterocycles. The number of aryl methyl sites for hydroxylation is 1. The van der Waals surface area contributed by atoms with Crippen LogP contribution < -0.4 is 5.32 Å². The van der Waals surface area contributed by atoms with Gasteiger partial charge >= 0.3 is 0 Å². The molecule has 1 aliphatic heterocycles. The Morgan fingerprint density at radius 1 is 1.26 bits per heavy atom. The maximum atomic E-state index is 11.9. The van der Waals surface area contributed by atoms with Crippen LogP contribution in [0, 0.1) is 6.92 Å². The van der Waals surface area contributed by atoms with Crippen molar-refractivity contribution in [1.29, 1.82) is 0 Å². The zero-order valence-electron chi connectivity index (χ0n) is 11.3. The summed E-state index contributed by atoms with van der Waals surface area (Å²) >= 11 is 0. The summed E-state index contributed by atoms with van der Waals surface area (Å²) in [5.41, 5.74) is 1.80. The van der Waals surface area contributed by atoms with Crippen molar-refractivity contribution in [3.63, 3.8) is 0 Å². The van der Waals surface area contributed by atoms with Crippen molar-refractivity contribution >= 4 is 11.8 Å². The summed E-state index contributed by atoms with van der Waals surface area (Å²) in [4.78, 5) is 25.3.